The predicted molar refractivity (Wildman–Crippen MR) is 58.4 cm³/mol. The molecule has 0 atom stereocenters. The van der Waals surface area contributed by atoms with Crippen LogP contribution in [0, 0.1) is 6.92 Å². The van der Waals surface area contributed by atoms with Gasteiger partial charge in [0.25, 0.3) is 0 Å². The Hall–Kier alpha value is -1.18. The van der Waals surface area contributed by atoms with Crippen molar-refractivity contribution in [3.8, 4) is 11.5 Å². The van der Waals surface area contributed by atoms with Crippen molar-refractivity contribution in [3.63, 3.8) is 0 Å². The van der Waals surface area contributed by atoms with Gasteiger partial charge in [-0.2, -0.15) is 0 Å². The molecule has 78 valence electrons. The van der Waals surface area contributed by atoms with Crippen LogP contribution in [0.15, 0.2) is 12.1 Å². The van der Waals surface area contributed by atoms with Crippen LogP contribution in [0.1, 0.15) is 30.9 Å². The number of hydrogen-bond acceptors (Lipinski definition) is 2. The molecule has 0 fully saturated rings. The fraction of sp³-hybridized carbons (Fsp3) is 0.500. The number of methoxy groups -OCH3 is 2. The van der Waals surface area contributed by atoms with E-state index in [2.05, 4.69) is 26.0 Å². The van der Waals surface area contributed by atoms with Crippen LogP contribution in [0.2, 0.25) is 0 Å². The SMILES string of the molecule is COc1cc(C(C)C)cc(OC)c1C. The highest BCUT2D eigenvalue weighted by Crippen LogP contribution is 2.32. The van der Waals surface area contributed by atoms with E-state index in [1.807, 2.05) is 6.92 Å². The van der Waals surface area contributed by atoms with E-state index in [0.717, 1.165) is 17.1 Å². The number of hydrogen-bond donors (Lipinski definition) is 0. The fourth-order valence-electron chi connectivity index (χ4n) is 1.44. The topological polar surface area (TPSA) is 18.5 Å². The summed E-state index contributed by atoms with van der Waals surface area (Å²) >= 11 is 0. The van der Waals surface area contributed by atoms with E-state index < -0.39 is 0 Å². The summed E-state index contributed by atoms with van der Waals surface area (Å²) in [5, 5.41) is 0. The molecule has 0 amide bonds. The van der Waals surface area contributed by atoms with E-state index in [4.69, 9.17) is 9.47 Å². The van der Waals surface area contributed by atoms with Crippen molar-refractivity contribution in [2.45, 2.75) is 26.7 Å². The molecule has 0 radical (unpaired) electrons. The van der Waals surface area contributed by atoms with Gasteiger partial charge in [0.1, 0.15) is 11.5 Å². The van der Waals surface area contributed by atoms with Gasteiger partial charge in [-0.05, 0) is 30.5 Å². The van der Waals surface area contributed by atoms with Crippen molar-refractivity contribution in [1.29, 1.82) is 0 Å². The summed E-state index contributed by atoms with van der Waals surface area (Å²) < 4.78 is 10.6. The van der Waals surface area contributed by atoms with E-state index in [1.165, 1.54) is 5.56 Å². The quantitative estimate of drug-likeness (QED) is 0.736. The Morgan fingerprint density at radius 3 is 1.71 bits per heavy atom. The lowest BCUT2D eigenvalue weighted by Crippen LogP contribution is -1.96. The molecule has 0 aliphatic heterocycles. The van der Waals surface area contributed by atoms with Crippen LogP contribution in [0.4, 0.5) is 0 Å². The molecular weight excluding hydrogens is 176 g/mol. The Balaban J connectivity index is 3.25. The van der Waals surface area contributed by atoms with Gasteiger partial charge in [-0.25, -0.2) is 0 Å². The molecule has 0 spiro atoms. The van der Waals surface area contributed by atoms with E-state index in [1.54, 1.807) is 14.2 Å². The average molecular weight is 194 g/mol. The van der Waals surface area contributed by atoms with Gasteiger partial charge in [0, 0.05) is 5.56 Å². The monoisotopic (exact) mass is 194 g/mol. The van der Waals surface area contributed by atoms with Crippen LogP contribution >= 0.6 is 0 Å². The third kappa shape index (κ3) is 2.00. The van der Waals surface area contributed by atoms with Crippen LogP contribution in [-0.2, 0) is 0 Å². The molecule has 2 nitrogen and oxygen atoms in total. The normalized spacial score (nSPS) is 10.4. The summed E-state index contributed by atoms with van der Waals surface area (Å²) in [5.41, 5.74) is 2.30. The second kappa shape index (κ2) is 4.36. The van der Waals surface area contributed by atoms with Crippen molar-refractivity contribution in [3.05, 3.63) is 23.3 Å². The van der Waals surface area contributed by atoms with Crippen LogP contribution in [0.5, 0.6) is 11.5 Å². The summed E-state index contributed by atoms with van der Waals surface area (Å²) in [4.78, 5) is 0. The molecule has 0 saturated carbocycles. The van der Waals surface area contributed by atoms with Crippen molar-refractivity contribution in [1.82, 2.24) is 0 Å². The molecule has 0 aliphatic rings. The van der Waals surface area contributed by atoms with E-state index in [0.29, 0.717) is 5.92 Å². The Labute approximate surface area is 85.8 Å². The van der Waals surface area contributed by atoms with Gasteiger partial charge in [-0.15, -0.1) is 0 Å². The van der Waals surface area contributed by atoms with Crippen molar-refractivity contribution in [2.75, 3.05) is 14.2 Å². The Morgan fingerprint density at radius 2 is 1.43 bits per heavy atom. The lowest BCUT2D eigenvalue weighted by atomic mass is 10.0. The zero-order valence-electron chi connectivity index (χ0n) is 9.55. The largest absolute Gasteiger partial charge is 0.496 e. The van der Waals surface area contributed by atoms with Crippen LogP contribution < -0.4 is 9.47 Å². The summed E-state index contributed by atoms with van der Waals surface area (Å²) in [7, 11) is 3.37. The maximum atomic E-state index is 5.30. The summed E-state index contributed by atoms with van der Waals surface area (Å²) in [6.07, 6.45) is 0. The first-order chi connectivity index (χ1) is 6.60. The molecule has 1 rings (SSSR count). The van der Waals surface area contributed by atoms with Crippen molar-refractivity contribution in [2.24, 2.45) is 0 Å². The van der Waals surface area contributed by atoms with Gasteiger partial charge in [0.2, 0.25) is 0 Å². The minimum absolute atomic E-state index is 0.485. The maximum absolute atomic E-state index is 5.30. The van der Waals surface area contributed by atoms with Crippen molar-refractivity contribution >= 4 is 0 Å². The van der Waals surface area contributed by atoms with Crippen LogP contribution in [-0.4, -0.2) is 14.2 Å². The molecule has 0 unspecified atom stereocenters. The first-order valence-electron chi connectivity index (χ1n) is 4.82. The molecule has 0 N–H and O–H groups in total. The average Bonchev–Trinajstić information content (AvgIpc) is 2.17. The fourth-order valence-corrected chi connectivity index (χ4v) is 1.44. The Kier molecular flexibility index (Phi) is 3.39. The number of rotatable bonds is 3. The molecule has 0 aliphatic carbocycles. The molecule has 0 bridgehead atoms. The van der Waals surface area contributed by atoms with Gasteiger partial charge in [-0.3, -0.25) is 0 Å². The molecular formula is C12H18O2. The zero-order chi connectivity index (χ0) is 10.7. The third-order valence-electron chi connectivity index (χ3n) is 2.44. The second-order valence-corrected chi connectivity index (χ2v) is 3.71. The minimum atomic E-state index is 0.485. The second-order valence-electron chi connectivity index (χ2n) is 3.71. The molecule has 0 aromatic heterocycles. The molecule has 0 heterocycles. The van der Waals surface area contributed by atoms with Gasteiger partial charge >= 0.3 is 0 Å². The smallest absolute Gasteiger partial charge is 0.125 e. The molecule has 2 heteroatoms. The first kappa shape index (κ1) is 10.9. The van der Waals surface area contributed by atoms with E-state index in [-0.39, 0.29) is 0 Å². The first-order valence-corrected chi connectivity index (χ1v) is 4.82. The number of benzene rings is 1. The Morgan fingerprint density at radius 1 is 1.00 bits per heavy atom. The highest BCUT2D eigenvalue weighted by molar-refractivity contribution is 5.47. The van der Waals surface area contributed by atoms with Gasteiger partial charge in [0.05, 0.1) is 14.2 Å². The Bertz CT molecular complexity index is 291. The van der Waals surface area contributed by atoms with Gasteiger partial charge in [0.15, 0.2) is 0 Å². The van der Waals surface area contributed by atoms with E-state index >= 15 is 0 Å². The molecule has 1 aromatic carbocycles. The summed E-state index contributed by atoms with van der Waals surface area (Å²) in [5.74, 6) is 2.28. The molecule has 14 heavy (non-hydrogen) atoms. The molecule has 1 aromatic rings. The molecule has 0 saturated heterocycles. The predicted octanol–water partition coefficient (Wildman–Crippen LogP) is 3.14. The number of ether oxygens (including phenoxy) is 2. The van der Waals surface area contributed by atoms with E-state index in [9.17, 15) is 0 Å². The summed E-state index contributed by atoms with van der Waals surface area (Å²) in [6.45, 7) is 6.31. The van der Waals surface area contributed by atoms with Crippen molar-refractivity contribution < 1.29 is 9.47 Å². The van der Waals surface area contributed by atoms with Gasteiger partial charge < -0.3 is 9.47 Å². The maximum Gasteiger partial charge on any atom is 0.125 e. The minimum Gasteiger partial charge on any atom is -0.496 e. The lowest BCUT2D eigenvalue weighted by Gasteiger charge is -2.14. The lowest BCUT2D eigenvalue weighted by molar-refractivity contribution is 0.387. The third-order valence-corrected chi connectivity index (χ3v) is 2.44. The van der Waals surface area contributed by atoms with Crippen LogP contribution in [0.3, 0.4) is 0 Å². The zero-order valence-corrected chi connectivity index (χ0v) is 9.55. The highest BCUT2D eigenvalue weighted by Gasteiger charge is 2.09. The van der Waals surface area contributed by atoms with Crippen LogP contribution in [0.25, 0.3) is 0 Å². The van der Waals surface area contributed by atoms with Gasteiger partial charge in [-0.1, -0.05) is 13.8 Å². The standard InChI is InChI=1S/C12H18O2/c1-8(2)10-6-11(13-4)9(3)12(7-10)14-5/h6-8H,1-5H3. The highest BCUT2D eigenvalue weighted by atomic mass is 16.5. The summed E-state index contributed by atoms with van der Waals surface area (Å²) in [6, 6.07) is 4.14.